The number of aryl methyl sites for hydroxylation is 1. The van der Waals surface area contributed by atoms with Gasteiger partial charge in [0, 0.05) is 15.6 Å². The molecule has 0 amide bonds. The molecule has 1 heterocycles. The normalized spacial score (nSPS) is 17.1. The third-order valence-corrected chi connectivity index (χ3v) is 5.17. The van der Waals surface area contributed by atoms with Crippen LogP contribution in [0.5, 0.6) is 5.88 Å². The molecule has 0 fully saturated rings. The van der Waals surface area contributed by atoms with Gasteiger partial charge in [-0.05, 0) is 52.4 Å². The van der Waals surface area contributed by atoms with Crippen molar-refractivity contribution in [3.05, 3.63) is 44.9 Å². The molecule has 1 aliphatic carbocycles. The number of pyridine rings is 1. The summed E-state index contributed by atoms with van der Waals surface area (Å²) in [6, 6.07) is 8.03. The molecule has 0 saturated carbocycles. The molecule has 4 heteroatoms. The first-order valence-corrected chi connectivity index (χ1v) is 7.81. The van der Waals surface area contributed by atoms with E-state index in [-0.39, 0.29) is 0 Å². The minimum atomic E-state index is 0.513. The van der Waals surface area contributed by atoms with Gasteiger partial charge in [0.1, 0.15) is 0 Å². The van der Waals surface area contributed by atoms with Gasteiger partial charge in [0.15, 0.2) is 0 Å². The van der Waals surface area contributed by atoms with Crippen molar-refractivity contribution in [1.82, 2.24) is 4.98 Å². The monoisotopic (exact) mass is 351 g/mol. The van der Waals surface area contributed by atoms with E-state index in [0.29, 0.717) is 10.9 Å². The Bertz CT molecular complexity index is 672. The van der Waals surface area contributed by atoms with Crippen molar-refractivity contribution in [3.63, 3.8) is 0 Å². The van der Waals surface area contributed by atoms with Crippen molar-refractivity contribution in [2.75, 3.05) is 7.11 Å². The van der Waals surface area contributed by atoms with Gasteiger partial charge >= 0.3 is 0 Å². The highest BCUT2D eigenvalue weighted by atomic mass is 79.9. The Morgan fingerprint density at radius 1 is 1.40 bits per heavy atom. The van der Waals surface area contributed by atoms with E-state index in [0.717, 1.165) is 34.5 Å². The van der Waals surface area contributed by atoms with E-state index in [1.807, 2.05) is 18.2 Å². The number of halogens is 2. The second-order valence-corrected chi connectivity index (χ2v) is 6.36. The molecular formula is C16H15BrClNO. The number of ether oxygens (including phenoxy) is 1. The van der Waals surface area contributed by atoms with E-state index in [1.54, 1.807) is 7.11 Å². The Hall–Kier alpha value is -1.06. The van der Waals surface area contributed by atoms with Crippen molar-refractivity contribution in [2.45, 2.75) is 25.7 Å². The molecule has 104 valence electrons. The number of benzene rings is 1. The Morgan fingerprint density at radius 2 is 2.20 bits per heavy atom. The first kappa shape index (κ1) is 13.9. The van der Waals surface area contributed by atoms with Crippen molar-refractivity contribution in [3.8, 4) is 17.1 Å². The van der Waals surface area contributed by atoms with Crippen LogP contribution in [-0.4, -0.2) is 12.1 Å². The topological polar surface area (TPSA) is 22.1 Å². The number of hydrogen-bond acceptors (Lipinski definition) is 2. The summed E-state index contributed by atoms with van der Waals surface area (Å²) < 4.78 is 6.37. The highest BCUT2D eigenvalue weighted by molar-refractivity contribution is 9.10. The van der Waals surface area contributed by atoms with Gasteiger partial charge in [0.05, 0.1) is 17.8 Å². The quantitative estimate of drug-likeness (QED) is 0.739. The predicted octanol–water partition coefficient (Wildman–Crippen LogP) is 5.22. The van der Waals surface area contributed by atoms with Crippen molar-refractivity contribution < 1.29 is 4.74 Å². The maximum atomic E-state index is 6.38. The molecule has 1 aromatic carbocycles. The molecule has 1 atom stereocenters. The maximum Gasteiger partial charge on any atom is 0.217 e. The highest BCUT2D eigenvalue weighted by Gasteiger charge is 2.25. The van der Waals surface area contributed by atoms with Crippen LogP contribution in [0.3, 0.4) is 0 Å². The Labute approximate surface area is 132 Å². The van der Waals surface area contributed by atoms with Crippen LogP contribution in [0.15, 0.2) is 28.7 Å². The summed E-state index contributed by atoms with van der Waals surface area (Å²) in [6.07, 6.45) is 2.23. The minimum Gasteiger partial charge on any atom is -0.481 e. The number of aromatic nitrogens is 1. The van der Waals surface area contributed by atoms with Gasteiger partial charge in [0.2, 0.25) is 5.88 Å². The van der Waals surface area contributed by atoms with Crippen molar-refractivity contribution in [1.29, 1.82) is 0 Å². The van der Waals surface area contributed by atoms with E-state index >= 15 is 0 Å². The summed E-state index contributed by atoms with van der Waals surface area (Å²) in [7, 11) is 1.68. The van der Waals surface area contributed by atoms with Crippen LogP contribution in [0.25, 0.3) is 11.3 Å². The highest BCUT2D eigenvalue weighted by Crippen LogP contribution is 2.41. The fourth-order valence-electron chi connectivity index (χ4n) is 2.83. The summed E-state index contributed by atoms with van der Waals surface area (Å²) in [4.78, 5) is 4.66. The number of hydrogen-bond donors (Lipinski definition) is 0. The second-order valence-electron chi connectivity index (χ2n) is 5.13. The molecule has 0 spiro atoms. The predicted molar refractivity (Wildman–Crippen MR) is 85.7 cm³/mol. The van der Waals surface area contributed by atoms with Gasteiger partial charge in [-0.25, -0.2) is 4.98 Å². The summed E-state index contributed by atoms with van der Waals surface area (Å²) in [5, 5.41) is 0.688. The molecule has 0 bridgehead atoms. The van der Waals surface area contributed by atoms with Gasteiger partial charge < -0.3 is 4.74 Å². The Kier molecular flexibility index (Phi) is 3.74. The summed E-state index contributed by atoms with van der Waals surface area (Å²) in [5.74, 6) is 1.25. The lowest BCUT2D eigenvalue weighted by molar-refractivity contribution is 0.391. The zero-order valence-corrected chi connectivity index (χ0v) is 13.8. The summed E-state index contributed by atoms with van der Waals surface area (Å²) in [5.41, 5.74) is 4.39. The van der Waals surface area contributed by atoms with Crippen LogP contribution in [0.1, 0.15) is 30.4 Å². The summed E-state index contributed by atoms with van der Waals surface area (Å²) >= 11 is 9.84. The molecule has 0 aliphatic heterocycles. The van der Waals surface area contributed by atoms with Crippen LogP contribution < -0.4 is 4.74 Å². The van der Waals surface area contributed by atoms with Gasteiger partial charge in [-0.2, -0.15) is 0 Å². The Morgan fingerprint density at radius 3 is 2.95 bits per heavy atom. The fraction of sp³-hybridized carbons (Fsp3) is 0.312. The van der Waals surface area contributed by atoms with Crippen molar-refractivity contribution in [2.24, 2.45) is 0 Å². The molecule has 20 heavy (non-hydrogen) atoms. The molecule has 2 nitrogen and oxygen atoms in total. The molecule has 0 saturated heterocycles. The van der Waals surface area contributed by atoms with E-state index in [1.165, 1.54) is 11.1 Å². The lowest BCUT2D eigenvalue weighted by Crippen LogP contribution is -1.99. The van der Waals surface area contributed by atoms with Crippen molar-refractivity contribution >= 4 is 27.5 Å². The van der Waals surface area contributed by atoms with Gasteiger partial charge in [-0.15, -0.1) is 0 Å². The summed E-state index contributed by atoms with van der Waals surface area (Å²) in [6.45, 7) is 2.22. The zero-order chi connectivity index (χ0) is 14.3. The van der Waals surface area contributed by atoms with E-state index in [4.69, 9.17) is 16.3 Å². The van der Waals surface area contributed by atoms with Gasteiger partial charge in [0.25, 0.3) is 0 Å². The number of rotatable bonds is 2. The van der Waals surface area contributed by atoms with Crippen LogP contribution >= 0.6 is 27.5 Å². The standard InChI is InChI=1S/C16H15BrClNO/c1-9-6-7-10-8-13(19-16(20-2)14(9)10)11-4-3-5-12(17)15(11)18/h3-5,8-9H,6-7H2,1-2H3/t9-/m1/s1. The second kappa shape index (κ2) is 5.38. The SMILES string of the molecule is COc1nc(-c2cccc(Br)c2Cl)cc2c1[C@H](C)CC2. The lowest BCUT2D eigenvalue weighted by atomic mass is 10.0. The number of fused-ring (bicyclic) bond motifs is 1. The molecular weight excluding hydrogens is 338 g/mol. The van der Waals surface area contributed by atoms with E-state index < -0.39 is 0 Å². The lowest BCUT2D eigenvalue weighted by Gasteiger charge is -2.13. The maximum absolute atomic E-state index is 6.38. The van der Waals surface area contributed by atoms with Crippen LogP contribution in [0.2, 0.25) is 5.02 Å². The number of methoxy groups -OCH3 is 1. The third kappa shape index (κ3) is 2.23. The van der Waals surface area contributed by atoms with Crippen LogP contribution in [-0.2, 0) is 6.42 Å². The molecule has 2 aromatic rings. The zero-order valence-electron chi connectivity index (χ0n) is 11.4. The molecule has 1 aliphatic rings. The van der Waals surface area contributed by atoms with E-state index in [2.05, 4.69) is 33.9 Å². The third-order valence-electron chi connectivity index (χ3n) is 3.87. The first-order chi connectivity index (χ1) is 9.61. The number of nitrogens with zero attached hydrogens (tertiary/aromatic N) is 1. The smallest absolute Gasteiger partial charge is 0.217 e. The average Bonchev–Trinajstić information content (AvgIpc) is 2.82. The van der Waals surface area contributed by atoms with Gasteiger partial charge in [-0.3, -0.25) is 0 Å². The Balaban J connectivity index is 2.19. The largest absolute Gasteiger partial charge is 0.481 e. The molecule has 0 N–H and O–H groups in total. The fourth-order valence-corrected chi connectivity index (χ4v) is 3.42. The minimum absolute atomic E-state index is 0.513. The van der Waals surface area contributed by atoms with Crippen LogP contribution in [0, 0.1) is 0 Å². The first-order valence-electron chi connectivity index (χ1n) is 6.64. The van der Waals surface area contributed by atoms with Crippen LogP contribution in [0.4, 0.5) is 0 Å². The molecule has 0 radical (unpaired) electrons. The average molecular weight is 353 g/mol. The molecule has 0 unspecified atom stereocenters. The van der Waals surface area contributed by atoms with E-state index in [9.17, 15) is 0 Å². The van der Waals surface area contributed by atoms with Gasteiger partial charge in [-0.1, -0.05) is 30.7 Å². The molecule has 1 aromatic heterocycles. The molecule has 3 rings (SSSR count).